The first-order chi connectivity index (χ1) is 6.93. The highest BCUT2D eigenvalue weighted by Gasteiger charge is 2.24. The zero-order valence-corrected chi connectivity index (χ0v) is 9.46. The van der Waals surface area contributed by atoms with E-state index in [9.17, 15) is 0 Å². The molecular weight excluding hydrogens is 216 g/mol. The zero-order valence-electron chi connectivity index (χ0n) is 7.82. The Morgan fingerprint density at radius 2 is 2.50 bits per heavy atom. The second-order valence-electron chi connectivity index (χ2n) is 3.57. The molecule has 3 heterocycles. The predicted molar refractivity (Wildman–Crippen MR) is 58.6 cm³/mol. The third-order valence-electron chi connectivity index (χ3n) is 2.41. The molecule has 1 atom stereocenters. The molecule has 4 heteroatoms. The van der Waals surface area contributed by atoms with Crippen LogP contribution >= 0.6 is 23.1 Å². The summed E-state index contributed by atoms with van der Waals surface area (Å²) < 4.78 is 10.9. The van der Waals surface area contributed by atoms with Crippen LogP contribution in [0.3, 0.4) is 0 Å². The van der Waals surface area contributed by atoms with E-state index in [0.29, 0.717) is 6.10 Å². The van der Waals surface area contributed by atoms with Crippen LogP contribution in [-0.2, 0) is 11.2 Å². The summed E-state index contributed by atoms with van der Waals surface area (Å²) in [5.41, 5.74) is 0. The Kier molecular flexibility index (Phi) is 2.43. The Hall–Kier alpha value is -0.190. The number of thiophene rings is 1. The van der Waals surface area contributed by atoms with Crippen molar-refractivity contribution >= 4 is 23.1 Å². The zero-order chi connectivity index (χ0) is 9.38. The number of aryl methyl sites for hydroxylation is 1. The van der Waals surface area contributed by atoms with E-state index in [1.54, 1.807) is 0 Å². The van der Waals surface area contributed by atoms with E-state index in [0.717, 1.165) is 19.0 Å². The molecule has 0 amide bonds. The van der Waals surface area contributed by atoms with Gasteiger partial charge in [0, 0.05) is 10.3 Å². The monoisotopic (exact) mass is 228 g/mol. The highest BCUT2D eigenvalue weighted by molar-refractivity contribution is 7.99. The van der Waals surface area contributed by atoms with Gasteiger partial charge in [0.2, 0.25) is 0 Å². The molecule has 3 rings (SSSR count). The van der Waals surface area contributed by atoms with Crippen molar-refractivity contribution in [3.63, 3.8) is 0 Å². The first kappa shape index (κ1) is 9.07. The Bertz CT molecular complexity index is 331. The molecule has 0 aromatic carbocycles. The van der Waals surface area contributed by atoms with E-state index in [1.807, 2.05) is 23.1 Å². The van der Waals surface area contributed by atoms with Gasteiger partial charge in [-0.1, -0.05) is 0 Å². The number of thioether (sulfide) groups is 1. The standard InChI is InChI=1S/C10H12O2S2/c1-2-9-10(13-3-1)8(6-14-9)12-5-7-4-11-7/h6-7H,1-5H2. The quantitative estimate of drug-likeness (QED) is 0.742. The van der Waals surface area contributed by atoms with Gasteiger partial charge < -0.3 is 9.47 Å². The molecule has 2 aliphatic heterocycles. The van der Waals surface area contributed by atoms with E-state index in [2.05, 4.69) is 5.38 Å². The van der Waals surface area contributed by atoms with Gasteiger partial charge in [0.25, 0.3) is 0 Å². The first-order valence-electron chi connectivity index (χ1n) is 4.91. The van der Waals surface area contributed by atoms with Gasteiger partial charge in [0.1, 0.15) is 18.5 Å². The molecule has 1 unspecified atom stereocenters. The summed E-state index contributed by atoms with van der Waals surface area (Å²) in [5, 5.41) is 2.14. The lowest BCUT2D eigenvalue weighted by Gasteiger charge is -2.12. The lowest BCUT2D eigenvalue weighted by molar-refractivity contribution is 0.259. The second kappa shape index (κ2) is 3.76. The lowest BCUT2D eigenvalue weighted by Crippen LogP contribution is -2.04. The van der Waals surface area contributed by atoms with Gasteiger partial charge in [-0.15, -0.1) is 23.1 Å². The maximum atomic E-state index is 5.73. The van der Waals surface area contributed by atoms with E-state index >= 15 is 0 Å². The van der Waals surface area contributed by atoms with Crippen LogP contribution in [0.15, 0.2) is 10.3 Å². The van der Waals surface area contributed by atoms with Crippen LogP contribution in [0.5, 0.6) is 5.75 Å². The predicted octanol–water partition coefficient (Wildman–Crippen LogP) is 2.56. The molecule has 1 aromatic rings. The van der Waals surface area contributed by atoms with Crippen molar-refractivity contribution < 1.29 is 9.47 Å². The van der Waals surface area contributed by atoms with Crippen molar-refractivity contribution in [2.24, 2.45) is 0 Å². The number of rotatable bonds is 3. The normalized spacial score (nSPS) is 24.4. The topological polar surface area (TPSA) is 21.8 Å². The Balaban J connectivity index is 1.72. The maximum Gasteiger partial charge on any atom is 0.143 e. The molecule has 1 fully saturated rings. The Morgan fingerprint density at radius 3 is 3.36 bits per heavy atom. The molecule has 0 aliphatic carbocycles. The molecule has 2 nitrogen and oxygen atoms in total. The lowest BCUT2D eigenvalue weighted by atomic mass is 10.3. The van der Waals surface area contributed by atoms with Gasteiger partial charge in [-0.25, -0.2) is 0 Å². The van der Waals surface area contributed by atoms with Crippen LogP contribution in [0.4, 0.5) is 0 Å². The maximum absolute atomic E-state index is 5.73. The average molecular weight is 228 g/mol. The summed E-state index contributed by atoms with van der Waals surface area (Å²) in [6.45, 7) is 1.60. The number of ether oxygens (including phenoxy) is 2. The summed E-state index contributed by atoms with van der Waals surface area (Å²) >= 11 is 3.78. The molecule has 1 saturated heterocycles. The van der Waals surface area contributed by atoms with Gasteiger partial charge in [-0.3, -0.25) is 0 Å². The summed E-state index contributed by atoms with van der Waals surface area (Å²) in [6.07, 6.45) is 2.90. The van der Waals surface area contributed by atoms with Crippen LogP contribution in [0.1, 0.15) is 11.3 Å². The fraction of sp³-hybridized carbons (Fsp3) is 0.600. The van der Waals surface area contributed by atoms with Crippen LogP contribution in [-0.4, -0.2) is 25.1 Å². The number of hydrogen-bond acceptors (Lipinski definition) is 4. The highest BCUT2D eigenvalue weighted by atomic mass is 32.2. The molecular formula is C10H12O2S2. The minimum atomic E-state index is 0.360. The van der Waals surface area contributed by atoms with Gasteiger partial charge in [0.05, 0.1) is 11.5 Å². The summed E-state index contributed by atoms with van der Waals surface area (Å²) in [7, 11) is 0. The molecule has 0 radical (unpaired) electrons. The average Bonchev–Trinajstić information content (AvgIpc) is 2.96. The summed E-state index contributed by atoms with van der Waals surface area (Å²) in [6, 6.07) is 0. The fourth-order valence-electron chi connectivity index (χ4n) is 1.55. The molecule has 14 heavy (non-hydrogen) atoms. The minimum Gasteiger partial charge on any atom is -0.489 e. The van der Waals surface area contributed by atoms with Crippen molar-refractivity contribution in [2.75, 3.05) is 19.0 Å². The van der Waals surface area contributed by atoms with Crippen molar-refractivity contribution in [1.82, 2.24) is 0 Å². The molecule has 76 valence electrons. The van der Waals surface area contributed by atoms with Crippen molar-refractivity contribution in [3.05, 3.63) is 10.3 Å². The number of hydrogen-bond donors (Lipinski definition) is 0. The van der Waals surface area contributed by atoms with Crippen LogP contribution in [0.2, 0.25) is 0 Å². The summed E-state index contributed by atoms with van der Waals surface area (Å²) in [5.74, 6) is 2.32. The van der Waals surface area contributed by atoms with E-state index < -0.39 is 0 Å². The second-order valence-corrected chi connectivity index (χ2v) is 5.64. The molecule has 0 N–H and O–H groups in total. The smallest absolute Gasteiger partial charge is 0.143 e. The van der Waals surface area contributed by atoms with Crippen molar-refractivity contribution in [1.29, 1.82) is 0 Å². The van der Waals surface area contributed by atoms with Crippen molar-refractivity contribution in [3.8, 4) is 5.75 Å². The Morgan fingerprint density at radius 1 is 1.57 bits per heavy atom. The SMILES string of the molecule is c1sc2c(c1OCC1CO1)SCCC2. The number of epoxide rings is 1. The fourth-order valence-corrected chi connectivity index (χ4v) is 3.86. The van der Waals surface area contributed by atoms with Crippen LogP contribution in [0.25, 0.3) is 0 Å². The van der Waals surface area contributed by atoms with Gasteiger partial charge in [-0.05, 0) is 18.6 Å². The summed E-state index contributed by atoms with van der Waals surface area (Å²) in [4.78, 5) is 2.90. The largest absolute Gasteiger partial charge is 0.489 e. The van der Waals surface area contributed by atoms with E-state index in [-0.39, 0.29) is 0 Å². The third-order valence-corrected chi connectivity index (χ3v) is 4.79. The van der Waals surface area contributed by atoms with Crippen LogP contribution in [0, 0.1) is 0 Å². The van der Waals surface area contributed by atoms with Gasteiger partial charge in [-0.2, -0.15) is 0 Å². The molecule has 0 bridgehead atoms. The minimum absolute atomic E-state index is 0.360. The van der Waals surface area contributed by atoms with Gasteiger partial charge in [0.15, 0.2) is 0 Å². The van der Waals surface area contributed by atoms with Crippen LogP contribution < -0.4 is 4.74 Å². The molecule has 2 aliphatic rings. The third kappa shape index (κ3) is 1.78. The molecule has 1 aromatic heterocycles. The highest BCUT2D eigenvalue weighted by Crippen LogP contribution is 2.42. The van der Waals surface area contributed by atoms with Gasteiger partial charge >= 0.3 is 0 Å². The Labute approximate surface area is 91.6 Å². The van der Waals surface area contributed by atoms with Crippen molar-refractivity contribution in [2.45, 2.75) is 23.8 Å². The molecule has 0 saturated carbocycles. The van der Waals surface area contributed by atoms with E-state index in [1.165, 1.54) is 28.4 Å². The molecule has 0 spiro atoms. The first-order valence-corrected chi connectivity index (χ1v) is 6.77. The number of fused-ring (bicyclic) bond motifs is 1. The van der Waals surface area contributed by atoms with E-state index in [4.69, 9.17) is 9.47 Å².